The van der Waals surface area contributed by atoms with Crippen molar-refractivity contribution in [1.29, 1.82) is 0 Å². The van der Waals surface area contributed by atoms with E-state index >= 15 is 0 Å². The first-order valence-corrected chi connectivity index (χ1v) is 6.15. The second kappa shape index (κ2) is 4.18. The van der Waals surface area contributed by atoms with Gasteiger partial charge in [-0.1, -0.05) is 6.07 Å². The monoisotopic (exact) mass is 231 g/mol. The Morgan fingerprint density at radius 3 is 2.53 bits per heavy atom. The minimum atomic E-state index is -3.46. The first kappa shape index (κ1) is 12.0. The molecule has 0 aliphatic rings. The lowest BCUT2D eigenvalue weighted by atomic mass is 10.1. The van der Waals surface area contributed by atoms with Crippen molar-refractivity contribution in [3.63, 3.8) is 0 Å². The summed E-state index contributed by atoms with van der Waals surface area (Å²) < 4.78 is 22.8. The van der Waals surface area contributed by atoms with Gasteiger partial charge in [0.1, 0.15) is 5.75 Å². The highest BCUT2D eigenvalue weighted by molar-refractivity contribution is 7.90. The quantitative estimate of drug-likeness (QED) is 0.668. The van der Waals surface area contributed by atoms with Gasteiger partial charge in [-0.25, -0.2) is 8.42 Å². The van der Waals surface area contributed by atoms with Crippen LogP contribution >= 0.6 is 0 Å². The summed E-state index contributed by atoms with van der Waals surface area (Å²) in [7, 11) is -3.46. The van der Waals surface area contributed by atoms with Gasteiger partial charge in [0.25, 0.3) is 0 Å². The number of nitrogens with two attached hydrogens (primary N) is 1. The van der Waals surface area contributed by atoms with Crippen molar-refractivity contribution in [3.05, 3.63) is 23.8 Å². The number of phenolic OH excluding ortho intramolecular Hbond substituents is 1. The van der Waals surface area contributed by atoms with Gasteiger partial charge >= 0.3 is 0 Å². The lowest BCUT2D eigenvalue weighted by Gasteiger charge is -2.14. The Hall–Kier alpha value is -1.11. The molecule has 0 saturated heterocycles. The average Bonchev–Trinajstić information content (AvgIpc) is 2.15. The molecule has 0 heterocycles. The molecule has 6 heteroatoms. The third-order valence-corrected chi connectivity index (χ3v) is 3.17. The van der Waals surface area contributed by atoms with E-state index in [1.165, 1.54) is 18.2 Å². The number of aromatic hydroxyl groups is 1. The number of phenols is 1. The minimum absolute atomic E-state index is 0.0518. The van der Waals surface area contributed by atoms with Crippen LogP contribution in [-0.4, -0.2) is 31.5 Å². The van der Waals surface area contributed by atoms with E-state index in [0.717, 1.165) is 6.26 Å². The Bertz CT molecular complexity index is 455. The van der Waals surface area contributed by atoms with Crippen LogP contribution in [0, 0.1) is 0 Å². The van der Waals surface area contributed by atoms with Gasteiger partial charge in [-0.2, -0.15) is 0 Å². The number of hydrogen-bond donors (Lipinski definition) is 3. The van der Waals surface area contributed by atoms with Crippen LogP contribution in [0.4, 0.5) is 0 Å². The minimum Gasteiger partial charge on any atom is -0.508 e. The molecule has 0 aliphatic heterocycles. The molecule has 0 aliphatic carbocycles. The van der Waals surface area contributed by atoms with Gasteiger partial charge in [-0.05, 0) is 12.1 Å². The number of rotatable bonds is 3. The number of sulfone groups is 1. The molecule has 1 aromatic rings. The summed E-state index contributed by atoms with van der Waals surface area (Å²) >= 11 is 0. The molecule has 1 aromatic carbocycles. The molecule has 1 unspecified atom stereocenters. The molecular weight excluding hydrogens is 218 g/mol. The second-order valence-electron chi connectivity index (χ2n) is 3.25. The zero-order valence-corrected chi connectivity index (χ0v) is 9.03. The maximum atomic E-state index is 11.4. The fourth-order valence-corrected chi connectivity index (χ4v) is 2.30. The molecule has 1 atom stereocenters. The normalized spacial score (nSPS) is 13.8. The Balaban J connectivity index is 3.47. The Morgan fingerprint density at radius 2 is 2.07 bits per heavy atom. The zero-order chi connectivity index (χ0) is 11.6. The molecule has 5 nitrogen and oxygen atoms in total. The molecular formula is C9H13NO4S. The standard InChI is InChI=1S/C9H13NO4S/c1-15(13,14)8-4-2-3-7(12)9(8)6(10)5-11/h2-4,6,11-12H,5,10H2,1H3. The van der Waals surface area contributed by atoms with E-state index in [0.29, 0.717) is 0 Å². The third kappa shape index (κ3) is 2.47. The van der Waals surface area contributed by atoms with Crippen LogP contribution in [0.1, 0.15) is 11.6 Å². The molecule has 0 radical (unpaired) electrons. The van der Waals surface area contributed by atoms with E-state index in [9.17, 15) is 13.5 Å². The van der Waals surface area contributed by atoms with Gasteiger partial charge in [-0.15, -0.1) is 0 Å². The highest BCUT2D eigenvalue weighted by Crippen LogP contribution is 2.29. The summed E-state index contributed by atoms with van der Waals surface area (Å²) in [5, 5.41) is 18.4. The predicted octanol–water partition coefficient (Wildman–Crippen LogP) is -0.212. The van der Waals surface area contributed by atoms with E-state index in [-0.39, 0.29) is 16.2 Å². The maximum absolute atomic E-state index is 11.4. The molecule has 0 aromatic heterocycles. The largest absolute Gasteiger partial charge is 0.508 e. The molecule has 15 heavy (non-hydrogen) atoms. The van der Waals surface area contributed by atoms with Gasteiger partial charge in [-0.3, -0.25) is 0 Å². The highest BCUT2D eigenvalue weighted by atomic mass is 32.2. The van der Waals surface area contributed by atoms with Crippen LogP contribution in [-0.2, 0) is 9.84 Å². The first-order valence-electron chi connectivity index (χ1n) is 4.26. The van der Waals surface area contributed by atoms with Gasteiger partial charge in [0, 0.05) is 11.8 Å². The van der Waals surface area contributed by atoms with Gasteiger partial charge in [0.05, 0.1) is 17.5 Å². The van der Waals surface area contributed by atoms with E-state index in [1.54, 1.807) is 0 Å². The fraction of sp³-hybridized carbons (Fsp3) is 0.333. The number of aliphatic hydroxyl groups is 1. The van der Waals surface area contributed by atoms with Gasteiger partial charge in [0.2, 0.25) is 0 Å². The van der Waals surface area contributed by atoms with Crippen molar-refractivity contribution in [3.8, 4) is 5.75 Å². The summed E-state index contributed by atoms with van der Waals surface area (Å²) in [6.07, 6.45) is 1.02. The summed E-state index contributed by atoms with van der Waals surface area (Å²) in [5.41, 5.74) is 5.58. The Morgan fingerprint density at radius 1 is 1.47 bits per heavy atom. The van der Waals surface area contributed by atoms with Crippen LogP contribution in [0.2, 0.25) is 0 Å². The van der Waals surface area contributed by atoms with Crippen LogP contribution in [0.3, 0.4) is 0 Å². The second-order valence-corrected chi connectivity index (χ2v) is 5.23. The number of hydrogen-bond acceptors (Lipinski definition) is 5. The van der Waals surface area contributed by atoms with Crippen molar-refractivity contribution in [2.45, 2.75) is 10.9 Å². The molecule has 0 fully saturated rings. The average molecular weight is 231 g/mol. The lowest BCUT2D eigenvalue weighted by Crippen LogP contribution is -2.18. The van der Waals surface area contributed by atoms with Crippen molar-refractivity contribution >= 4 is 9.84 Å². The molecule has 0 amide bonds. The molecule has 0 saturated carbocycles. The summed E-state index contributed by atoms with van der Waals surface area (Å²) in [6, 6.07) is 3.19. The number of aliphatic hydroxyl groups excluding tert-OH is 1. The van der Waals surface area contributed by atoms with Gasteiger partial charge < -0.3 is 15.9 Å². The van der Waals surface area contributed by atoms with Crippen LogP contribution in [0.15, 0.2) is 23.1 Å². The smallest absolute Gasteiger partial charge is 0.175 e. The van der Waals surface area contributed by atoms with E-state index in [4.69, 9.17) is 10.8 Å². The van der Waals surface area contributed by atoms with Crippen LogP contribution in [0.25, 0.3) is 0 Å². The molecule has 0 bridgehead atoms. The van der Waals surface area contributed by atoms with Crippen LogP contribution < -0.4 is 5.73 Å². The molecule has 84 valence electrons. The SMILES string of the molecule is CS(=O)(=O)c1cccc(O)c1C(N)CO. The Kier molecular flexibility index (Phi) is 3.33. The first-order chi connectivity index (χ1) is 6.88. The van der Waals surface area contributed by atoms with Crippen molar-refractivity contribution < 1.29 is 18.6 Å². The lowest BCUT2D eigenvalue weighted by molar-refractivity contribution is 0.263. The third-order valence-electron chi connectivity index (χ3n) is 2.01. The fourth-order valence-electron chi connectivity index (χ4n) is 1.32. The van der Waals surface area contributed by atoms with Crippen molar-refractivity contribution in [1.82, 2.24) is 0 Å². The summed E-state index contributed by atoms with van der Waals surface area (Å²) in [6.45, 7) is -0.430. The van der Waals surface area contributed by atoms with E-state index in [2.05, 4.69) is 0 Å². The summed E-state index contributed by atoms with van der Waals surface area (Å²) in [4.78, 5) is -0.0518. The predicted molar refractivity (Wildman–Crippen MR) is 55.2 cm³/mol. The Labute approximate surface area is 88.1 Å². The highest BCUT2D eigenvalue weighted by Gasteiger charge is 2.20. The van der Waals surface area contributed by atoms with E-state index < -0.39 is 22.5 Å². The maximum Gasteiger partial charge on any atom is 0.175 e. The molecule has 4 N–H and O–H groups in total. The molecule has 1 rings (SSSR count). The van der Waals surface area contributed by atoms with Crippen LogP contribution in [0.5, 0.6) is 5.75 Å². The zero-order valence-electron chi connectivity index (χ0n) is 8.21. The topological polar surface area (TPSA) is 101 Å². The van der Waals surface area contributed by atoms with Gasteiger partial charge in [0.15, 0.2) is 9.84 Å². The van der Waals surface area contributed by atoms with E-state index in [1.807, 2.05) is 0 Å². The van der Waals surface area contributed by atoms with Crippen molar-refractivity contribution in [2.24, 2.45) is 5.73 Å². The molecule has 0 spiro atoms. The van der Waals surface area contributed by atoms with Crippen molar-refractivity contribution in [2.75, 3.05) is 12.9 Å². The number of benzene rings is 1. The summed E-state index contributed by atoms with van der Waals surface area (Å²) in [5.74, 6) is -0.223.